The van der Waals surface area contributed by atoms with Gasteiger partial charge >= 0.3 is 0 Å². The van der Waals surface area contributed by atoms with Crippen LogP contribution < -0.4 is 5.32 Å². The normalized spacial score (nSPS) is 16.2. The number of nitrogens with one attached hydrogen (secondary N) is 1. The molecule has 2 amide bonds. The fourth-order valence-corrected chi connectivity index (χ4v) is 3.78. The largest absolute Gasteiger partial charge is 0.328 e. The molecule has 4 rings (SSSR count). The Balaban J connectivity index is 1.56. The molecule has 2 heterocycles. The summed E-state index contributed by atoms with van der Waals surface area (Å²) in [5, 5.41) is 2.86. The highest BCUT2D eigenvalue weighted by Gasteiger charge is 2.31. The predicted octanol–water partition coefficient (Wildman–Crippen LogP) is 4.40. The lowest BCUT2D eigenvalue weighted by Crippen LogP contribution is -2.39. The maximum Gasteiger partial charge on any atom is 0.259 e. The average Bonchev–Trinajstić information content (AvgIpc) is 2.79. The van der Waals surface area contributed by atoms with Crippen LogP contribution in [0.15, 0.2) is 66.9 Å². The van der Waals surface area contributed by atoms with E-state index in [1.165, 1.54) is 0 Å². The summed E-state index contributed by atoms with van der Waals surface area (Å²) in [5.74, 6) is 0.339. The Hall–Kier alpha value is -3.54. The zero-order valence-electron chi connectivity index (χ0n) is 16.9. The molecule has 0 bridgehead atoms. The fourth-order valence-electron chi connectivity index (χ4n) is 3.78. The number of anilines is 1. The molecule has 1 fully saturated rings. The van der Waals surface area contributed by atoms with Crippen molar-refractivity contribution in [2.75, 3.05) is 11.9 Å². The lowest BCUT2D eigenvalue weighted by Gasteiger charge is -2.35. The zero-order valence-corrected chi connectivity index (χ0v) is 16.9. The summed E-state index contributed by atoms with van der Waals surface area (Å²) in [6, 6.07) is 18.4. The first-order chi connectivity index (χ1) is 14.6. The monoisotopic (exact) mass is 400 g/mol. The van der Waals surface area contributed by atoms with Crippen molar-refractivity contribution in [2.24, 2.45) is 0 Å². The number of rotatable bonds is 4. The van der Waals surface area contributed by atoms with Crippen LogP contribution >= 0.6 is 0 Å². The van der Waals surface area contributed by atoms with E-state index in [2.05, 4.69) is 15.3 Å². The van der Waals surface area contributed by atoms with Crippen LogP contribution in [0.1, 0.15) is 57.5 Å². The average molecular weight is 400 g/mol. The fraction of sp³-hybridized carbons (Fsp3) is 0.250. The quantitative estimate of drug-likeness (QED) is 0.704. The lowest BCUT2D eigenvalue weighted by molar-refractivity contribution is 0.0599. The van der Waals surface area contributed by atoms with Crippen molar-refractivity contribution < 1.29 is 9.59 Å². The summed E-state index contributed by atoms with van der Waals surface area (Å²) in [6.45, 7) is 2.48. The second-order valence-electron chi connectivity index (χ2n) is 7.42. The number of aromatic nitrogens is 2. The molecule has 3 aromatic rings. The minimum atomic E-state index is -0.244. The van der Waals surface area contributed by atoms with Crippen molar-refractivity contribution in [3.8, 4) is 0 Å². The molecular weight excluding hydrogens is 376 g/mol. The molecule has 2 aromatic carbocycles. The van der Waals surface area contributed by atoms with Crippen molar-refractivity contribution >= 4 is 17.5 Å². The summed E-state index contributed by atoms with van der Waals surface area (Å²) in [7, 11) is 0. The SMILES string of the molecule is Cc1nc(C2CCCCN2C(=O)c2ccccc2)ncc1C(=O)Nc1ccccc1. The molecule has 0 spiro atoms. The topological polar surface area (TPSA) is 75.2 Å². The maximum absolute atomic E-state index is 13.1. The molecule has 152 valence electrons. The van der Waals surface area contributed by atoms with Gasteiger partial charge < -0.3 is 10.2 Å². The van der Waals surface area contributed by atoms with Gasteiger partial charge in [-0.25, -0.2) is 9.97 Å². The third-order valence-electron chi connectivity index (χ3n) is 5.36. The lowest BCUT2D eigenvalue weighted by atomic mass is 9.99. The third-order valence-corrected chi connectivity index (χ3v) is 5.36. The number of carbonyl (C=O) groups excluding carboxylic acids is 2. The molecule has 6 nitrogen and oxygen atoms in total. The van der Waals surface area contributed by atoms with E-state index in [4.69, 9.17) is 0 Å². The second-order valence-corrected chi connectivity index (χ2v) is 7.42. The molecule has 1 N–H and O–H groups in total. The molecule has 6 heteroatoms. The van der Waals surface area contributed by atoms with Gasteiger partial charge in [0, 0.05) is 24.0 Å². The van der Waals surface area contributed by atoms with Gasteiger partial charge in [-0.3, -0.25) is 9.59 Å². The Kier molecular flexibility index (Phi) is 5.84. The molecule has 1 unspecified atom stereocenters. The molecule has 1 aliphatic rings. The Morgan fingerprint density at radius 2 is 1.70 bits per heavy atom. The van der Waals surface area contributed by atoms with E-state index in [0.717, 1.165) is 24.9 Å². The zero-order chi connectivity index (χ0) is 20.9. The number of benzene rings is 2. The van der Waals surface area contributed by atoms with Crippen molar-refractivity contribution in [2.45, 2.75) is 32.2 Å². The molecule has 1 saturated heterocycles. The molecule has 30 heavy (non-hydrogen) atoms. The number of hydrogen-bond donors (Lipinski definition) is 1. The number of hydrogen-bond acceptors (Lipinski definition) is 4. The molecule has 0 radical (unpaired) electrons. The molecule has 1 aromatic heterocycles. The van der Waals surface area contributed by atoms with Gasteiger partial charge in [0.15, 0.2) is 5.82 Å². The van der Waals surface area contributed by atoms with Gasteiger partial charge in [0.2, 0.25) is 0 Å². The van der Waals surface area contributed by atoms with Crippen LogP contribution in [0, 0.1) is 6.92 Å². The highest BCUT2D eigenvalue weighted by atomic mass is 16.2. The van der Waals surface area contributed by atoms with Crippen LogP contribution in [0.2, 0.25) is 0 Å². The highest BCUT2D eigenvalue weighted by molar-refractivity contribution is 6.04. The maximum atomic E-state index is 13.1. The highest BCUT2D eigenvalue weighted by Crippen LogP contribution is 2.30. The molecule has 1 atom stereocenters. The van der Waals surface area contributed by atoms with Crippen LogP contribution in [0.3, 0.4) is 0 Å². The number of carbonyl (C=O) groups is 2. The van der Waals surface area contributed by atoms with Gasteiger partial charge in [-0.1, -0.05) is 36.4 Å². The standard InChI is InChI=1S/C24H24N4O2/c1-17-20(23(29)27-19-12-6-3-7-13-19)16-25-22(26-17)21-14-8-9-15-28(21)24(30)18-10-4-2-5-11-18/h2-7,10-13,16,21H,8-9,14-15H2,1H3,(H,27,29). The minimum absolute atomic E-state index is 0.00699. The number of para-hydroxylation sites is 1. The Morgan fingerprint density at radius 1 is 1.00 bits per heavy atom. The Bertz CT molecular complexity index is 1040. The predicted molar refractivity (Wildman–Crippen MR) is 115 cm³/mol. The Labute approximate surface area is 176 Å². The van der Waals surface area contributed by atoms with E-state index in [1.54, 1.807) is 13.1 Å². The van der Waals surface area contributed by atoms with Crippen LogP contribution in [0.25, 0.3) is 0 Å². The smallest absolute Gasteiger partial charge is 0.259 e. The van der Waals surface area contributed by atoms with Crippen molar-refractivity contribution in [1.29, 1.82) is 0 Å². The van der Waals surface area contributed by atoms with Gasteiger partial charge in [-0.05, 0) is 50.5 Å². The first kappa shape index (κ1) is 19.8. The van der Waals surface area contributed by atoms with Gasteiger partial charge in [0.1, 0.15) is 0 Å². The summed E-state index contributed by atoms with van der Waals surface area (Å²) in [6.07, 6.45) is 4.36. The molecule has 1 aliphatic heterocycles. The van der Waals surface area contributed by atoms with Gasteiger partial charge in [0.05, 0.1) is 17.3 Å². The number of piperidine rings is 1. The van der Waals surface area contributed by atoms with Crippen LogP contribution in [-0.4, -0.2) is 33.2 Å². The molecular formula is C24H24N4O2. The number of amides is 2. The number of likely N-dealkylation sites (tertiary alicyclic amines) is 1. The van der Waals surface area contributed by atoms with Crippen LogP contribution in [0.5, 0.6) is 0 Å². The van der Waals surface area contributed by atoms with E-state index in [1.807, 2.05) is 65.6 Å². The molecule has 0 saturated carbocycles. The van der Waals surface area contributed by atoms with E-state index >= 15 is 0 Å². The Morgan fingerprint density at radius 3 is 2.40 bits per heavy atom. The summed E-state index contributed by atoms with van der Waals surface area (Å²) < 4.78 is 0. The van der Waals surface area contributed by atoms with Gasteiger partial charge in [-0.2, -0.15) is 0 Å². The van der Waals surface area contributed by atoms with Crippen molar-refractivity contribution in [3.05, 3.63) is 89.5 Å². The van der Waals surface area contributed by atoms with Crippen molar-refractivity contribution in [3.63, 3.8) is 0 Å². The summed E-state index contributed by atoms with van der Waals surface area (Å²) in [5.41, 5.74) is 2.42. The van der Waals surface area contributed by atoms with E-state index < -0.39 is 0 Å². The third kappa shape index (κ3) is 4.22. The summed E-state index contributed by atoms with van der Waals surface area (Å²) >= 11 is 0. The van der Waals surface area contributed by atoms with Gasteiger partial charge in [0.25, 0.3) is 11.8 Å². The van der Waals surface area contributed by atoms with Gasteiger partial charge in [-0.15, -0.1) is 0 Å². The van der Waals surface area contributed by atoms with E-state index in [-0.39, 0.29) is 17.9 Å². The van der Waals surface area contributed by atoms with Crippen LogP contribution in [0.4, 0.5) is 5.69 Å². The van der Waals surface area contributed by atoms with Crippen molar-refractivity contribution in [1.82, 2.24) is 14.9 Å². The summed E-state index contributed by atoms with van der Waals surface area (Å²) in [4.78, 5) is 36.6. The molecule has 0 aliphatic carbocycles. The second kappa shape index (κ2) is 8.86. The first-order valence-electron chi connectivity index (χ1n) is 10.2. The first-order valence-corrected chi connectivity index (χ1v) is 10.2. The minimum Gasteiger partial charge on any atom is -0.328 e. The number of nitrogens with zero attached hydrogens (tertiary/aromatic N) is 3. The van der Waals surface area contributed by atoms with E-state index in [0.29, 0.717) is 29.2 Å². The number of aryl methyl sites for hydroxylation is 1. The van der Waals surface area contributed by atoms with Crippen LogP contribution in [-0.2, 0) is 0 Å². The van der Waals surface area contributed by atoms with E-state index in [9.17, 15) is 9.59 Å².